The van der Waals surface area contributed by atoms with Crippen molar-refractivity contribution in [2.24, 2.45) is 23.7 Å². The Morgan fingerprint density at radius 1 is 0.740 bits per heavy atom. The van der Waals surface area contributed by atoms with E-state index in [2.05, 4.69) is 38.5 Å². The normalized spacial score (nSPS) is 24.3. The number of carbonyl (C=O) groups is 7. The van der Waals surface area contributed by atoms with E-state index < -0.39 is 119 Å². The van der Waals surface area contributed by atoms with Crippen LogP contribution in [0.1, 0.15) is 112 Å². The highest BCUT2D eigenvalue weighted by Crippen LogP contribution is 2.34. The SMILES string of the molecule is C=CC(C)(C)n1cc(C(O)[C@@H]2NC(=O)[C@H]([C@H](C)C=C(C)C)NC(=O)[C@H](CC(C)C)N(C)C(=O)[C@H](C(C)C)NC(=O)[C@H]([C@H](OC)c3ccccc3)NC(=O)[C@H](C)NC(=O)[C@H](C[C@@H](C)CO)NC2=O)c2ccccc21. The third kappa shape index (κ3) is 14.9. The molecule has 1 aliphatic heterocycles. The maximum atomic E-state index is 15.0. The molecule has 18 nitrogen and oxygen atoms in total. The number of ether oxygens (including phenoxy) is 1. The van der Waals surface area contributed by atoms with Gasteiger partial charge in [0.15, 0.2) is 0 Å². The predicted octanol–water partition coefficient (Wildman–Crippen LogP) is 4.08. The third-order valence-electron chi connectivity index (χ3n) is 13.4. The van der Waals surface area contributed by atoms with Crippen LogP contribution in [0.15, 0.2) is 85.1 Å². The van der Waals surface area contributed by atoms with Gasteiger partial charge in [0.25, 0.3) is 0 Å². The highest BCUT2D eigenvalue weighted by Gasteiger charge is 2.42. The van der Waals surface area contributed by atoms with Crippen molar-refractivity contribution in [2.75, 3.05) is 20.8 Å². The van der Waals surface area contributed by atoms with E-state index >= 15 is 9.59 Å². The molecule has 18 heteroatoms. The van der Waals surface area contributed by atoms with E-state index in [1.165, 1.54) is 26.0 Å². The van der Waals surface area contributed by atoms with Gasteiger partial charge < -0.3 is 56.3 Å². The second kappa shape index (κ2) is 26.0. The molecule has 1 aliphatic rings. The van der Waals surface area contributed by atoms with Crippen LogP contribution in [0.4, 0.5) is 0 Å². The van der Waals surface area contributed by atoms with Crippen LogP contribution in [-0.2, 0) is 43.8 Å². The van der Waals surface area contributed by atoms with Crippen LogP contribution in [0.5, 0.6) is 0 Å². The molecule has 0 bridgehead atoms. The zero-order valence-corrected chi connectivity index (χ0v) is 44.8. The Bertz CT molecular complexity index is 2460. The molecule has 0 radical (unpaired) electrons. The van der Waals surface area contributed by atoms with Gasteiger partial charge in [-0.2, -0.15) is 0 Å². The molecule has 7 amide bonds. The van der Waals surface area contributed by atoms with Gasteiger partial charge in [-0.05, 0) is 76.8 Å². The third-order valence-corrected chi connectivity index (χ3v) is 13.4. The van der Waals surface area contributed by atoms with Crippen molar-refractivity contribution in [3.05, 3.63) is 96.2 Å². The number of nitrogens with zero attached hydrogens (tertiary/aromatic N) is 2. The number of allylic oxidation sites excluding steroid dienone is 2. The van der Waals surface area contributed by atoms with Crippen molar-refractivity contribution in [1.29, 1.82) is 0 Å². The largest absolute Gasteiger partial charge is 0.396 e. The summed E-state index contributed by atoms with van der Waals surface area (Å²) in [6.45, 7) is 23.0. The average molecular weight is 1010 g/mol. The monoisotopic (exact) mass is 1010 g/mol. The highest BCUT2D eigenvalue weighted by atomic mass is 16.5. The molecule has 0 spiro atoms. The number of fused-ring (bicyclic) bond motifs is 1. The fourth-order valence-corrected chi connectivity index (χ4v) is 9.07. The van der Waals surface area contributed by atoms with Crippen LogP contribution in [0.2, 0.25) is 0 Å². The van der Waals surface area contributed by atoms with Gasteiger partial charge in [-0.3, -0.25) is 33.6 Å². The molecule has 400 valence electrons. The zero-order valence-electron chi connectivity index (χ0n) is 44.8. The zero-order chi connectivity index (χ0) is 54.6. The van der Waals surface area contributed by atoms with E-state index in [4.69, 9.17) is 4.74 Å². The second-order valence-electron chi connectivity index (χ2n) is 21.0. The number of amides is 7. The fourth-order valence-electron chi connectivity index (χ4n) is 9.07. The minimum absolute atomic E-state index is 0.137. The lowest BCUT2D eigenvalue weighted by molar-refractivity contribution is -0.145. The van der Waals surface area contributed by atoms with E-state index in [0.717, 1.165) is 5.57 Å². The van der Waals surface area contributed by atoms with E-state index in [-0.39, 0.29) is 30.9 Å². The van der Waals surface area contributed by atoms with Crippen molar-refractivity contribution >= 4 is 52.3 Å². The average Bonchev–Trinajstić information content (AvgIpc) is 3.74. The number of carbonyl (C=O) groups excluding carboxylic acids is 7. The number of para-hydroxylation sites is 1. The first-order valence-electron chi connectivity index (χ1n) is 25.1. The Kier molecular flexibility index (Phi) is 21.1. The summed E-state index contributed by atoms with van der Waals surface area (Å²) in [5, 5.41) is 39.8. The molecule has 1 unspecified atom stereocenters. The lowest BCUT2D eigenvalue weighted by atomic mass is 9.94. The van der Waals surface area contributed by atoms with E-state index in [9.17, 15) is 34.2 Å². The molecule has 11 atom stereocenters. The summed E-state index contributed by atoms with van der Waals surface area (Å²) in [6.07, 6.45) is 2.28. The van der Waals surface area contributed by atoms with Crippen LogP contribution in [0.3, 0.4) is 0 Å². The van der Waals surface area contributed by atoms with Crippen molar-refractivity contribution in [3.8, 4) is 0 Å². The molecule has 0 aliphatic carbocycles. The van der Waals surface area contributed by atoms with Crippen molar-refractivity contribution in [1.82, 2.24) is 41.4 Å². The number of hydrogen-bond acceptors (Lipinski definition) is 10. The van der Waals surface area contributed by atoms with Gasteiger partial charge in [0.05, 0.1) is 5.54 Å². The number of aliphatic hydroxyl groups is 2. The summed E-state index contributed by atoms with van der Waals surface area (Å²) in [5.74, 6) is -7.68. The minimum atomic E-state index is -1.82. The van der Waals surface area contributed by atoms with Crippen molar-refractivity contribution < 1.29 is 48.5 Å². The van der Waals surface area contributed by atoms with Gasteiger partial charge in [-0.15, -0.1) is 6.58 Å². The lowest BCUT2D eigenvalue weighted by Gasteiger charge is -2.35. The van der Waals surface area contributed by atoms with Gasteiger partial charge in [-0.1, -0.05) is 108 Å². The van der Waals surface area contributed by atoms with Crippen molar-refractivity contribution in [3.63, 3.8) is 0 Å². The van der Waals surface area contributed by atoms with E-state index in [1.54, 1.807) is 88.5 Å². The molecule has 1 aromatic heterocycles. The first-order chi connectivity index (χ1) is 34.3. The maximum absolute atomic E-state index is 15.0. The van der Waals surface area contributed by atoms with Crippen LogP contribution < -0.4 is 31.9 Å². The van der Waals surface area contributed by atoms with Crippen molar-refractivity contribution in [2.45, 2.75) is 149 Å². The smallest absolute Gasteiger partial charge is 0.246 e. The molecule has 0 saturated carbocycles. The molecular weight excluding hydrogens is 933 g/mol. The Labute approximate surface area is 430 Å². The fraction of sp³-hybridized carbons (Fsp3) is 0.545. The number of benzene rings is 2. The predicted molar refractivity (Wildman–Crippen MR) is 280 cm³/mol. The van der Waals surface area contributed by atoms with E-state index in [1.807, 2.05) is 58.2 Å². The van der Waals surface area contributed by atoms with Gasteiger partial charge >= 0.3 is 0 Å². The van der Waals surface area contributed by atoms with Gasteiger partial charge in [0.1, 0.15) is 54.5 Å². The lowest BCUT2D eigenvalue weighted by Crippen LogP contribution is -2.62. The summed E-state index contributed by atoms with van der Waals surface area (Å²) < 4.78 is 7.73. The topological polar surface area (TPSA) is 250 Å². The molecule has 3 aromatic rings. The summed E-state index contributed by atoms with van der Waals surface area (Å²) in [4.78, 5) is 104. The highest BCUT2D eigenvalue weighted by molar-refractivity contribution is 5.99. The number of hydrogen-bond donors (Lipinski definition) is 8. The number of nitrogens with one attached hydrogen (secondary N) is 6. The van der Waals surface area contributed by atoms with Crippen LogP contribution in [0, 0.1) is 23.7 Å². The first kappa shape index (κ1) is 59.2. The Balaban J connectivity index is 1.99. The molecule has 4 rings (SSSR count). The molecule has 1 saturated heterocycles. The summed E-state index contributed by atoms with van der Waals surface area (Å²) >= 11 is 0. The summed E-state index contributed by atoms with van der Waals surface area (Å²) in [7, 11) is 2.81. The number of aromatic nitrogens is 1. The van der Waals surface area contributed by atoms with Gasteiger partial charge in [-0.25, -0.2) is 0 Å². The standard InChI is InChI=1S/C55H80N8O10/c1-15-55(11,12)63-28-38(37-23-19-20-24-40(37)63)46(65)44-52(70)57-39(27-33(8)29-64)49(67)56-35(10)48(66)61-45(47(73-14)36-21-17-16-18-22-36)53(71)58-42(32(6)7)54(72)62(13)41(26-31(4)5)50(68)59-43(51(69)60-44)34(9)25-30(2)3/h15-25,28,31-35,39,41-47,64-65H,1,26-27,29H2,2-14H3,(H,56,67)(H,57,70)(H,58,71)(H,59,68)(H,60,69)(H,61,66)/t33-,34-,35+,39+,41+,42+,43+,44+,45+,46?,47-/m1/s1. The second-order valence-corrected chi connectivity index (χ2v) is 21.0. The van der Waals surface area contributed by atoms with Gasteiger partial charge in [0.2, 0.25) is 41.4 Å². The molecular formula is C55H80N8O10. The Morgan fingerprint density at radius 2 is 1.30 bits per heavy atom. The minimum Gasteiger partial charge on any atom is -0.396 e. The van der Waals surface area contributed by atoms with Gasteiger partial charge in [0, 0.05) is 49.3 Å². The number of rotatable bonds is 15. The number of aliphatic hydroxyl groups excluding tert-OH is 2. The molecule has 73 heavy (non-hydrogen) atoms. The number of methoxy groups -OCH3 is 1. The van der Waals surface area contributed by atoms with E-state index in [0.29, 0.717) is 16.5 Å². The summed E-state index contributed by atoms with van der Waals surface area (Å²) in [5.41, 5.74) is 1.57. The van der Waals surface area contributed by atoms with Crippen LogP contribution >= 0.6 is 0 Å². The Hall–Kier alpha value is -6.37. The van der Waals surface area contributed by atoms with Crippen LogP contribution in [-0.4, -0.2) is 124 Å². The summed E-state index contributed by atoms with van der Waals surface area (Å²) in [6, 6.07) is 5.92. The molecule has 1 fully saturated rings. The first-order valence-corrected chi connectivity index (χ1v) is 25.1. The molecule has 2 heterocycles. The molecule has 8 N–H and O–H groups in total. The maximum Gasteiger partial charge on any atom is 0.246 e. The molecule has 2 aromatic carbocycles. The quantitative estimate of drug-likeness (QED) is 0.101. The van der Waals surface area contributed by atoms with Crippen LogP contribution in [0.25, 0.3) is 10.9 Å². The number of likely N-dealkylation sites (N-methyl/N-ethyl adjacent to an activating group) is 1. The Morgan fingerprint density at radius 3 is 1.88 bits per heavy atom.